The van der Waals surface area contributed by atoms with Crippen molar-refractivity contribution in [2.45, 2.75) is 19.6 Å². The van der Waals surface area contributed by atoms with Crippen molar-refractivity contribution in [1.82, 2.24) is 0 Å². The highest BCUT2D eigenvalue weighted by atomic mass is 28.4. The van der Waals surface area contributed by atoms with E-state index in [1.807, 2.05) is 0 Å². The molecule has 1 nitrogen and oxygen atoms in total. The zero-order chi connectivity index (χ0) is 18.7. The van der Waals surface area contributed by atoms with Gasteiger partial charge in [-0.15, -0.1) is 0 Å². The summed E-state index contributed by atoms with van der Waals surface area (Å²) in [5, 5.41) is 5.11. The first kappa shape index (κ1) is 17.7. The van der Waals surface area contributed by atoms with E-state index in [1.54, 1.807) is 0 Å². The molecule has 0 heterocycles. The highest BCUT2D eigenvalue weighted by Crippen LogP contribution is 2.25. The van der Waals surface area contributed by atoms with Gasteiger partial charge >= 0.3 is 0 Å². The Bertz CT molecular complexity index is 988. The lowest BCUT2D eigenvalue weighted by molar-refractivity contribution is 0.226. The molecule has 0 spiro atoms. The second kappa shape index (κ2) is 7.51. The Morgan fingerprint density at radius 3 is 1.74 bits per heavy atom. The van der Waals surface area contributed by atoms with E-state index in [-0.39, 0.29) is 6.10 Å². The maximum atomic E-state index is 6.88. The third-order valence-electron chi connectivity index (χ3n) is 5.30. The van der Waals surface area contributed by atoms with Gasteiger partial charge in [0.15, 0.2) is 0 Å². The molecular formula is C25H24OSi. The first-order valence-corrected chi connectivity index (χ1v) is 11.9. The van der Waals surface area contributed by atoms with E-state index in [2.05, 4.69) is 117 Å². The average Bonchev–Trinajstić information content (AvgIpc) is 2.74. The lowest BCUT2D eigenvalue weighted by Crippen LogP contribution is -2.58. The van der Waals surface area contributed by atoms with E-state index in [1.165, 1.54) is 26.7 Å². The molecule has 2 heteroatoms. The zero-order valence-corrected chi connectivity index (χ0v) is 16.8. The summed E-state index contributed by atoms with van der Waals surface area (Å²) < 4.78 is 6.88. The van der Waals surface area contributed by atoms with Crippen molar-refractivity contribution >= 4 is 29.5 Å². The van der Waals surface area contributed by atoms with E-state index >= 15 is 0 Å². The molecule has 0 amide bonds. The first-order chi connectivity index (χ1) is 13.2. The minimum absolute atomic E-state index is 0.0201. The van der Waals surface area contributed by atoms with E-state index in [9.17, 15) is 0 Å². The Balaban J connectivity index is 1.72. The summed E-state index contributed by atoms with van der Waals surface area (Å²) >= 11 is 0. The molecule has 4 aromatic rings. The predicted molar refractivity (Wildman–Crippen MR) is 117 cm³/mol. The minimum Gasteiger partial charge on any atom is -0.402 e. The molecule has 4 rings (SSSR count). The van der Waals surface area contributed by atoms with Crippen molar-refractivity contribution in [3.63, 3.8) is 0 Å². The summed E-state index contributed by atoms with van der Waals surface area (Å²) in [6.45, 7) is 4.47. The number of fused-ring (bicyclic) bond motifs is 1. The fraction of sp³-hybridized carbons (Fsp3) is 0.120. The van der Waals surface area contributed by atoms with Crippen LogP contribution in [-0.4, -0.2) is 8.32 Å². The molecule has 0 saturated carbocycles. The highest BCUT2D eigenvalue weighted by molar-refractivity contribution is 6.96. The Morgan fingerprint density at radius 1 is 0.630 bits per heavy atom. The molecule has 0 aliphatic heterocycles. The second-order valence-corrected chi connectivity index (χ2v) is 10.6. The van der Waals surface area contributed by atoms with Crippen LogP contribution in [0.5, 0.6) is 0 Å². The summed E-state index contributed by atoms with van der Waals surface area (Å²) in [4.78, 5) is 0. The molecule has 1 unspecified atom stereocenters. The van der Waals surface area contributed by atoms with E-state index in [0.717, 1.165) is 0 Å². The number of benzene rings is 4. The average molecular weight is 369 g/mol. The van der Waals surface area contributed by atoms with Crippen molar-refractivity contribution in [2.24, 2.45) is 0 Å². The summed E-state index contributed by atoms with van der Waals surface area (Å²) in [5.74, 6) is 0. The lowest BCUT2D eigenvalue weighted by atomic mass is 10.0. The second-order valence-electron chi connectivity index (χ2n) is 7.13. The Labute approximate surface area is 162 Å². The molecule has 0 fully saturated rings. The van der Waals surface area contributed by atoms with Crippen LogP contribution in [0.1, 0.15) is 18.6 Å². The molecule has 0 radical (unpaired) electrons. The number of hydrogen-bond donors (Lipinski definition) is 0. The largest absolute Gasteiger partial charge is 0.402 e. The third-order valence-corrected chi connectivity index (χ3v) is 9.00. The Hall–Kier alpha value is -2.68. The molecule has 0 bridgehead atoms. The molecule has 0 N–H and O–H groups in total. The SMILES string of the molecule is CC(O[Si](C)(c1ccccc1)c1ccccc1)c1ccc2ccccc2c1. The van der Waals surface area contributed by atoms with Gasteiger partial charge in [-0.05, 0) is 46.2 Å². The smallest absolute Gasteiger partial charge is 0.253 e. The standard InChI is InChI=1S/C25H24OSi/c1-20(22-18-17-21-11-9-10-12-23(21)19-22)26-27(2,24-13-5-3-6-14-24)25-15-7-4-8-16-25/h3-20H,1-2H3. The molecular weight excluding hydrogens is 344 g/mol. The summed E-state index contributed by atoms with van der Waals surface area (Å²) in [6.07, 6.45) is 0.0201. The van der Waals surface area contributed by atoms with Crippen molar-refractivity contribution in [3.8, 4) is 0 Å². The van der Waals surface area contributed by atoms with Gasteiger partial charge < -0.3 is 4.43 Å². The van der Waals surface area contributed by atoms with E-state index < -0.39 is 8.32 Å². The van der Waals surface area contributed by atoms with Gasteiger partial charge in [-0.1, -0.05) is 97.1 Å². The van der Waals surface area contributed by atoms with Gasteiger partial charge in [0.2, 0.25) is 0 Å². The predicted octanol–water partition coefficient (Wildman–Crippen LogP) is 5.31. The minimum atomic E-state index is -2.31. The number of rotatable bonds is 5. The van der Waals surface area contributed by atoms with Crippen molar-refractivity contribution in [1.29, 1.82) is 0 Å². The highest BCUT2D eigenvalue weighted by Gasteiger charge is 2.35. The van der Waals surface area contributed by atoms with Crippen LogP contribution < -0.4 is 10.4 Å². The quantitative estimate of drug-likeness (QED) is 0.434. The summed E-state index contributed by atoms with van der Waals surface area (Å²) in [6, 6.07) is 36.5. The van der Waals surface area contributed by atoms with Crippen molar-refractivity contribution < 1.29 is 4.43 Å². The van der Waals surface area contributed by atoms with Gasteiger partial charge in [0.1, 0.15) is 0 Å². The molecule has 0 saturated heterocycles. The van der Waals surface area contributed by atoms with Crippen LogP contribution in [0, 0.1) is 0 Å². The van der Waals surface area contributed by atoms with Crippen LogP contribution in [-0.2, 0) is 4.43 Å². The van der Waals surface area contributed by atoms with Gasteiger partial charge in [0.25, 0.3) is 8.32 Å². The Morgan fingerprint density at radius 2 is 1.15 bits per heavy atom. The molecule has 0 aliphatic carbocycles. The van der Waals surface area contributed by atoms with E-state index in [4.69, 9.17) is 4.43 Å². The molecule has 0 aliphatic rings. The van der Waals surface area contributed by atoms with Gasteiger partial charge in [0.05, 0.1) is 6.10 Å². The maximum Gasteiger partial charge on any atom is 0.253 e. The zero-order valence-electron chi connectivity index (χ0n) is 15.8. The van der Waals surface area contributed by atoms with E-state index in [0.29, 0.717) is 0 Å². The summed E-state index contributed by atoms with van der Waals surface area (Å²) in [5.41, 5.74) is 1.22. The monoisotopic (exact) mass is 368 g/mol. The molecule has 4 aromatic carbocycles. The molecule has 0 aromatic heterocycles. The topological polar surface area (TPSA) is 9.23 Å². The van der Waals surface area contributed by atoms with Crippen LogP contribution >= 0.6 is 0 Å². The fourth-order valence-corrected chi connectivity index (χ4v) is 6.80. The molecule has 134 valence electrons. The van der Waals surface area contributed by atoms with Crippen LogP contribution in [0.2, 0.25) is 6.55 Å². The van der Waals surface area contributed by atoms with Gasteiger partial charge in [-0.3, -0.25) is 0 Å². The Kier molecular flexibility index (Phi) is 4.93. The van der Waals surface area contributed by atoms with Crippen molar-refractivity contribution in [3.05, 3.63) is 109 Å². The first-order valence-electron chi connectivity index (χ1n) is 9.44. The molecule has 27 heavy (non-hydrogen) atoms. The summed E-state index contributed by atoms with van der Waals surface area (Å²) in [7, 11) is -2.31. The van der Waals surface area contributed by atoms with Crippen LogP contribution in [0.25, 0.3) is 10.8 Å². The molecule has 1 atom stereocenters. The maximum absolute atomic E-state index is 6.88. The van der Waals surface area contributed by atoms with Gasteiger partial charge in [-0.2, -0.15) is 0 Å². The number of hydrogen-bond acceptors (Lipinski definition) is 1. The van der Waals surface area contributed by atoms with Gasteiger partial charge in [-0.25, -0.2) is 0 Å². The van der Waals surface area contributed by atoms with Crippen molar-refractivity contribution in [2.75, 3.05) is 0 Å². The van der Waals surface area contributed by atoms with Crippen LogP contribution in [0.15, 0.2) is 103 Å². The van der Waals surface area contributed by atoms with Gasteiger partial charge in [0, 0.05) is 0 Å². The normalized spacial score (nSPS) is 12.8. The lowest BCUT2D eigenvalue weighted by Gasteiger charge is -2.32. The fourth-order valence-electron chi connectivity index (χ4n) is 3.70. The van der Waals surface area contributed by atoms with Crippen LogP contribution in [0.3, 0.4) is 0 Å². The van der Waals surface area contributed by atoms with Crippen LogP contribution in [0.4, 0.5) is 0 Å². The third kappa shape index (κ3) is 3.59.